The zero-order valence-electron chi connectivity index (χ0n) is 9.02. The van der Waals surface area contributed by atoms with Gasteiger partial charge in [0.05, 0.1) is 5.56 Å². The number of amides is 1. The molecule has 0 fully saturated rings. The molecule has 1 aromatic heterocycles. The van der Waals surface area contributed by atoms with E-state index in [0.717, 1.165) is 0 Å². The molecule has 1 aromatic rings. The predicted octanol–water partition coefficient (Wildman–Crippen LogP) is 0.698. The molecular weight excluding hydrogens is 255 g/mol. The van der Waals surface area contributed by atoms with E-state index in [1.54, 1.807) is 0 Å². The second-order valence-corrected chi connectivity index (χ2v) is 3.33. The van der Waals surface area contributed by atoms with Gasteiger partial charge in [-0.05, 0) is 6.92 Å². The summed E-state index contributed by atoms with van der Waals surface area (Å²) in [6.07, 6.45) is -3.33. The number of nitrogens with zero attached hydrogens (tertiary/aromatic N) is 2. The number of carbonyl (C=O) groups excluding carboxylic acids is 1. The number of carboxylic acid groups (broad SMARTS) is 1. The molecule has 18 heavy (non-hydrogen) atoms. The van der Waals surface area contributed by atoms with Crippen LogP contribution in [0.2, 0.25) is 0 Å². The molecule has 0 unspecified atom stereocenters. The highest BCUT2D eigenvalue weighted by Gasteiger charge is 2.34. The van der Waals surface area contributed by atoms with Crippen LogP contribution in [0.4, 0.5) is 13.2 Å². The molecule has 0 radical (unpaired) electrons. The summed E-state index contributed by atoms with van der Waals surface area (Å²) >= 11 is 0. The van der Waals surface area contributed by atoms with Gasteiger partial charge >= 0.3 is 12.1 Å². The molecule has 6 nitrogen and oxygen atoms in total. The Hall–Kier alpha value is -2.19. The van der Waals surface area contributed by atoms with E-state index in [1.807, 2.05) is 0 Å². The molecule has 1 rings (SSSR count). The smallest absolute Gasteiger partial charge is 0.451 e. The maximum absolute atomic E-state index is 12.1. The second-order valence-electron chi connectivity index (χ2n) is 3.33. The van der Waals surface area contributed by atoms with Crippen LogP contribution in [0.3, 0.4) is 0 Å². The maximum Gasteiger partial charge on any atom is 0.451 e. The Morgan fingerprint density at radius 3 is 2.22 bits per heavy atom. The van der Waals surface area contributed by atoms with E-state index >= 15 is 0 Å². The van der Waals surface area contributed by atoms with Crippen LogP contribution in [-0.2, 0) is 11.0 Å². The molecule has 98 valence electrons. The van der Waals surface area contributed by atoms with Crippen molar-refractivity contribution in [1.82, 2.24) is 15.3 Å². The highest BCUT2D eigenvalue weighted by atomic mass is 19.4. The van der Waals surface area contributed by atoms with E-state index in [4.69, 9.17) is 5.11 Å². The highest BCUT2D eigenvalue weighted by molar-refractivity contribution is 5.95. The second kappa shape index (κ2) is 4.98. The Bertz CT molecular complexity index is 458. The number of hydrogen-bond donors (Lipinski definition) is 2. The van der Waals surface area contributed by atoms with Crippen molar-refractivity contribution in [3.63, 3.8) is 0 Å². The summed E-state index contributed by atoms with van der Waals surface area (Å²) in [6, 6.07) is -1.17. The Labute approximate surface area is 98.9 Å². The molecule has 0 aliphatic carbocycles. The van der Waals surface area contributed by atoms with Crippen molar-refractivity contribution >= 4 is 11.9 Å². The fraction of sp³-hybridized carbons (Fsp3) is 0.333. The molecular formula is C9H8F3N3O3. The molecule has 0 spiro atoms. The number of nitrogens with one attached hydrogen (secondary N) is 1. The van der Waals surface area contributed by atoms with E-state index in [2.05, 4.69) is 15.3 Å². The molecule has 0 aliphatic rings. The first-order valence-corrected chi connectivity index (χ1v) is 4.64. The molecule has 1 amide bonds. The van der Waals surface area contributed by atoms with Gasteiger partial charge in [-0.2, -0.15) is 13.2 Å². The van der Waals surface area contributed by atoms with Crippen LogP contribution in [0, 0.1) is 0 Å². The largest absolute Gasteiger partial charge is 0.480 e. The van der Waals surface area contributed by atoms with E-state index in [-0.39, 0.29) is 5.56 Å². The Kier molecular flexibility index (Phi) is 3.84. The molecule has 0 saturated heterocycles. The van der Waals surface area contributed by atoms with Crippen LogP contribution in [0.25, 0.3) is 0 Å². The molecule has 9 heteroatoms. The van der Waals surface area contributed by atoms with Gasteiger partial charge in [-0.25, -0.2) is 9.97 Å². The Balaban J connectivity index is 2.80. The lowest BCUT2D eigenvalue weighted by Crippen LogP contribution is -2.38. The molecule has 0 saturated carbocycles. The minimum absolute atomic E-state index is 0.254. The fourth-order valence-electron chi connectivity index (χ4n) is 0.933. The third-order valence-corrected chi connectivity index (χ3v) is 1.89. The third kappa shape index (κ3) is 3.40. The van der Waals surface area contributed by atoms with Gasteiger partial charge in [-0.1, -0.05) is 0 Å². The summed E-state index contributed by atoms with van der Waals surface area (Å²) in [4.78, 5) is 27.8. The van der Waals surface area contributed by atoms with Gasteiger partial charge in [0.2, 0.25) is 5.82 Å². The zero-order chi connectivity index (χ0) is 13.9. The summed E-state index contributed by atoms with van der Waals surface area (Å²) in [5.74, 6) is -3.50. The number of aliphatic carboxylic acids is 1. The Morgan fingerprint density at radius 1 is 1.33 bits per heavy atom. The lowest BCUT2D eigenvalue weighted by atomic mass is 10.2. The van der Waals surface area contributed by atoms with Gasteiger partial charge in [0, 0.05) is 12.4 Å². The van der Waals surface area contributed by atoms with Gasteiger partial charge in [0.25, 0.3) is 5.91 Å². The number of alkyl halides is 3. The van der Waals surface area contributed by atoms with Crippen LogP contribution in [-0.4, -0.2) is 33.0 Å². The maximum atomic E-state index is 12.1. The molecule has 0 bridgehead atoms. The van der Waals surface area contributed by atoms with Crippen LogP contribution in [0.1, 0.15) is 23.1 Å². The van der Waals surface area contributed by atoms with Crippen molar-refractivity contribution in [1.29, 1.82) is 0 Å². The number of carbonyl (C=O) groups is 2. The van der Waals surface area contributed by atoms with Crippen molar-refractivity contribution in [3.05, 3.63) is 23.8 Å². The van der Waals surface area contributed by atoms with Crippen molar-refractivity contribution in [3.8, 4) is 0 Å². The van der Waals surface area contributed by atoms with Gasteiger partial charge in [0.1, 0.15) is 6.04 Å². The first-order chi connectivity index (χ1) is 8.21. The summed E-state index contributed by atoms with van der Waals surface area (Å²) in [7, 11) is 0. The van der Waals surface area contributed by atoms with Crippen LogP contribution in [0.5, 0.6) is 0 Å². The van der Waals surface area contributed by atoms with Crippen molar-refractivity contribution in [2.45, 2.75) is 19.1 Å². The predicted molar refractivity (Wildman–Crippen MR) is 51.6 cm³/mol. The van der Waals surface area contributed by atoms with Gasteiger partial charge in [-0.15, -0.1) is 0 Å². The van der Waals surface area contributed by atoms with Gasteiger partial charge in [0.15, 0.2) is 0 Å². The van der Waals surface area contributed by atoms with E-state index in [9.17, 15) is 22.8 Å². The topological polar surface area (TPSA) is 92.2 Å². The first-order valence-electron chi connectivity index (χ1n) is 4.64. The molecule has 1 heterocycles. The SMILES string of the molecule is C[C@H](NC(=O)c1cnc(C(F)(F)F)nc1)C(=O)O. The summed E-state index contributed by atoms with van der Waals surface area (Å²) < 4.78 is 36.4. The zero-order valence-corrected chi connectivity index (χ0v) is 9.02. The van der Waals surface area contributed by atoms with Crippen LogP contribution in [0.15, 0.2) is 12.4 Å². The molecule has 0 aromatic carbocycles. The van der Waals surface area contributed by atoms with Crippen LogP contribution < -0.4 is 5.32 Å². The molecule has 2 N–H and O–H groups in total. The first kappa shape index (κ1) is 13.9. The minimum atomic E-state index is -4.69. The lowest BCUT2D eigenvalue weighted by molar-refractivity contribution is -0.145. The average Bonchev–Trinajstić information content (AvgIpc) is 2.27. The third-order valence-electron chi connectivity index (χ3n) is 1.89. The lowest BCUT2D eigenvalue weighted by Gasteiger charge is -2.09. The fourth-order valence-corrected chi connectivity index (χ4v) is 0.933. The number of aromatic nitrogens is 2. The van der Waals surface area contributed by atoms with Crippen molar-refractivity contribution in [2.24, 2.45) is 0 Å². The van der Waals surface area contributed by atoms with E-state index in [0.29, 0.717) is 12.4 Å². The summed E-state index contributed by atoms with van der Waals surface area (Å²) in [5, 5.41) is 10.6. The standard InChI is InChI=1S/C9H8F3N3O3/c1-4(7(17)18)15-6(16)5-2-13-8(14-3-5)9(10,11)12/h2-4H,1H3,(H,15,16)(H,17,18)/t4-/m0/s1. The van der Waals surface area contributed by atoms with Crippen molar-refractivity contribution in [2.75, 3.05) is 0 Å². The number of halogens is 3. The highest BCUT2D eigenvalue weighted by Crippen LogP contribution is 2.25. The minimum Gasteiger partial charge on any atom is -0.480 e. The normalized spacial score (nSPS) is 12.9. The monoisotopic (exact) mass is 263 g/mol. The number of rotatable bonds is 3. The quantitative estimate of drug-likeness (QED) is 0.837. The van der Waals surface area contributed by atoms with Crippen LogP contribution >= 0.6 is 0 Å². The Morgan fingerprint density at radius 2 is 1.83 bits per heavy atom. The van der Waals surface area contributed by atoms with Gasteiger partial charge < -0.3 is 10.4 Å². The van der Waals surface area contributed by atoms with E-state index in [1.165, 1.54) is 6.92 Å². The number of carboxylic acids is 1. The summed E-state index contributed by atoms with van der Waals surface area (Å²) in [5.41, 5.74) is -0.254. The number of hydrogen-bond acceptors (Lipinski definition) is 4. The van der Waals surface area contributed by atoms with E-state index < -0.39 is 29.9 Å². The molecule has 1 atom stereocenters. The van der Waals surface area contributed by atoms with Gasteiger partial charge in [-0.3, -0.25) is 9.59 Å². The molecule has 0 aliphatic heterocycles. The van der Waals surface area contributed by atoms with Crippen molar-refractivity contribution < 1.29 is 27.9 Å². The summed E-state index contributed by atoms with van der Waals surface area (Å²) in [6.45, 7) is 1.21. The average molecular weight is 263 g/mol.